The predicted octanol–water partition coefficient (Wildman–Crippen LogP) is 4.46. The Bertz CT molecular complexity index is 672. The molecule has 0 saturated carbocycles. The normalized spacial score (nSPS) is 10.9. The molecular formula is C14H8F4N2. The maximum Gasteiger partial charge on any atom is 0.418 e. The summed E-state index contributed by atoms with van der Waals surface area (Å²) in [5, 5.41) is 11.0. The second kappa shape index (κ2) is 5.21. The fraction of sp³-hybridized carbons (Fsp3) is 0.0714. The van der Waals surface area contributed by atoms with Gasteiger partial charge in [0.25, 0.3) is 0 Å². The van der Waals surface area contributed by atoms with E-state index in [0.717, 1.165) is 12.1 Å². The lowest BCUT2D eigenvalue weighted by Crippen LogP contribution is -2.09. The van der Waals surface area contributed by atoms with E-state index in [1.807, 2.05) is 0 Å². The molecule has 0 saturated heterocycles. The van der Waals surface area contributed by atoms with Crippen LogP contribution in [0.1, 0.15) is 11.1 Å². The topological polar surface area (TPSA) is 35.8 Å². The average Bonchev–Trinajstić information content (AvgIpc) is 2.40. The largest absolute Gasteiger partial charge is 0.418 e. The van der Waals surface area contributed by atoms with Crippen LogP contribution < -0.4 is 5.32 Å². The number of anilines is 2. The van der Waals surface area contributed by atoms with Crippen molar-refractivity contribution in [3.8, 4) is 6.07 Å². The summed E-state index contributed by atoms with van der Waals surface area (Å²) in [4.78, 5) is 0. The van der Waals surface area contributed by atoms with Gasteiger partial charge in [0, 0.05) is 0 Å². The van der Waals surface area contributed by atoms with E-state index >= 15 is 0 Å². The molecule has 2 rings (SSSR count). The van der Waals surface area contributed by atoms with Gasteiger partial charge in [0.15, 0.2) is 0 Å². The van der Waals surface area contributed by atoms with Crippen molar-refractivity contribution in [2.24, 2.45) is 0 Å². The van der Waals surface area contributed by atoms with Crippen LogP contribution in [-0.2, 0) is 6.18 Å². The van der Waals surface area contributed by atoms with Crippen LogP contribution in [0.4, 0.5) is 28.9 Å². The number of hydrogen-bond donors (Lipinski definition) is 1. The second-order valence-electron chi connectivity index (χ2n) is 3.97. The summed E-state index contributed by atoms with van der Waals surface area (Å²) in [6, 6.07) is 10.0. The number of nitrogens with one attached hydrogen (secondary N) is 1. The van der Waals surface area contributed by atoms with Gasteiger partial charge in [-0.2, -0.15) is 18.4 Å². The van der Waals surface area contributed by atoms with Gasteiger partial charge in [-0.05, 0) is 30.3 Å². The van der Waals surface area contributed by atoms with Crippen LogP contribution >= 0.6 is 0 Å². The number of hydrogen-bond acceptors (Lipinski definition) is 2. The molecule has 2 aromatic rings. The number of nitrogens with zero attached hydrogens (tertiary/aromatic N) is 1. The van der Waals surface area contributed by atoms with Crippen molar-refractivity contribution >= 4 is 11.4 Å². The zero-order chi connectivity index (χ0) is 14.8. The van der Waals surface area contributed by atoms with Gasteiger partial charge in [-0.25, -0.2) is 4.39 Å². The lowest BCUT2D eigenvalue weighted by molar-refractivity contribution is -0.136. The highest BCUT2D eigenvalue weighted by atomic mass is 19.4. The molecule has 0 bridgehead atoms. The fourth-order valence-electron chi connectivity index (χ4n) is 1.67. The van der Waals surface area contributed by atoms with Crippen LogP contribution in [-0.4, -0.2) is 0 Å². The lowest BCUT2D eigenvalue weighted by atomic mass is 10.1. The van der Waals surface area contributed by atoms with E-state index in [2.05, 4.69) is 5.32 Å². The van der Waals surface area contributed by atoms with Crippen molar-refractivity contribution in [1.82, 2.24) is 0 Å². The predicted molar refractivity (Wildman–Crippen MR) is 65.8 cm³/mol. The summed E-state index contributed by atoms with van der Waals surface area (Å²) in [5.41, 5.74) is -1.16. The molecule has 0 fully saturated rings. The Balaban J connectivity index is 2.39. The number of nitriles is 1. The quantitative estimate of drug-likeness (QED) is 0.824. The van der Waals surface area contributed by atoms with Gasteiger partial charge in [0.2, 0.25) is 0 Å². The summed E-state index contributed by atoms with van der Waals surface area (Å²) in [5.74, 6) is -0.791. The highest BCUT2D eigenvalue weighted by Crippen LogP contribution is 2.36. The molecule has 0 aliphatic carbocycles. The summed E-state index contributed by atoms with van der Waals surface area (Å²) in [7, 11) is 0. The molecule has 0 amide bonds. The first kappa shape index (κ1) is 13.9. The van der Waals surface area contributed by atoms with Crippen LogP contribution in [0, 0.1) is 17.1 Å². The Morgan fingerprint density at radius 1 is 1.00 bits per heavy atom. The smallest absolute Gasteiger partial charge is 0.353 e. The molecule has 0 aliphatic rings. The van der Waals surface area contributed by atoms with Gasteiger partial charge < -0.3 is 5.32 Å². The van der Waals surface area contributed by atoms with E-state index in [1.165, 1.54) is 30.3 Å². The van der Waals surface area contributed by atoms with Crippen molar-refractivity contribution in [1.29, 1.82) is 5.26 Å². The Hall–Kier alpha value is -2.55. The third-order valence-electron chi connectivity index (χ3n) is 2.60. The van der Waals surface area contributed by atoms with Crippen molar-refractivity contribution in [3.63, 3.8) is 0 Å². The van der Waals surface area contributed by atoms with Crippen molar-refractivity contribution < 1.29 is 17.6 Å². The van der Waals surface area contributed by atoms with Crippen LogP contribution in [0.2, 0.25) is 0 Å². The van der Waals surface area contributed by atoms with Crippen LogP contribution in [0.25, 0.3) is 0 Å². The molecule has 0 unspecified atom stereocenters. The number of benzene rings is 2. The van der Waals surface area contributed by atoms with Gasteiger partial charge in [-0.3, -0.25) is 0 Å². The summed E-state index contributed by atoms with van der Waals surface area (Å²) in [6.07, 6.45) is -4.54. The first-order valence-corrected chi connectivity index (χ1v) is 5.54. The minimum atomic E-state index is -4.54. The van der Waals surface area contributed by atoms with Gasteiger partial charge >= 0.3 is 6.18 Å². The zero-order valence-electron chi connectivity index (χ0n) is 10.0. The number of alkyl halides is 3. The molecule has 0 aromatic heterocycles. The zero-order valence-corrected chi connectivity index (χ0v) is 10.0. The summed E-state index contributed by atoms with van der Waals surface area (Å²) in [6.45, 7) is 0. The van der Waals surface area contributed by atoms with Crippen molar-refractivity contribution in [3.05, 3.63) is 59.4 Å². The average molecular weight is 280 g/mol. The van der Waals surface area contributed by atoms with Gasteiger partial charge in [0.05, 0.1) is 28.6 Å². The SMILES string of the molecule is N#Cc1ccc(Nc2ccccc2C(F)(F)F)c(F)c1. The van der Waals surface area contributed by atoms with Gasteiger partial charge in [0.1, 0.15) is 5.82 Å². The molecule has 0 atom stereocenters. The summed E-state index contributed by atoms with van der Waals surface area (Å²) < 4.78 is 52.0. The van der Waals surface area contributed by atoms with Gasteiger partial charge in [-0.15, -0.1) is 0 Å². The van der Waals surface area contributed by atoms with E-state index in [9.17, 15) is 17.6 Å². The molecule has 0 aliphatic heterocycles. The molecule has 1 N–H and O–H groups in total. The number of rotatable bonds is 2. The van der Waals surface area contributed by atoms with Crippen LogP contribution in [0.15, 0.2) is 42.5 Å². The maximum atomic E-state index is 13.7. The minimum absolute atomic E-state index is 0.0946. The first-order chi connectivity index (χ1) is 9.41. The minimum Gasteiger partial charge on any atom is -0.353 e. The molecule has 0 radical (unpaired) electrons. The van der Waals surface area contributed by atoms with Gasteiger partial charge in [-0.1, -0.05) is 12.1 Å². The standard InChI is InChI=1S/C14H8F4N2/c15-11-7-9(8-19)5-6-13(11)20-12-4-2-1-3-10(12)14(16,17)18/h1-7,20H. The Morgan fingerprint density at radius 3 is 2.30 bits per heavy atom. The molecule has 6 heteroatoms. The third-order valence-corrected chi connectivity index (χ3v) is 2.60. The van der Waals surface area contributed by atoms with E-state index < -0.39 is 17.6 Å². The van der Waals surface area contributed by atoms with E-state index in [-0.39, 0.29) is 16.9 Å². The Labute approximate surface area is 112 Å². The van der Waals surface area contributed by atoms with E-state index in [4.69, 9.17) is 5.26 Å². The number of halogens is 4. The highest BCUT2D eigenvalue weighted by molar-refractivity contribution is 5.65. The Morgan fingerprint density at radius 2 is 1.70 bits per heavy atom. The molecule has 102 valence electrons. The van der Waals surface area contributed by atoms with Crippen LogP contribution in [0.5, 0.6) is 0 Å². The number of para-hydroxylation sites is 1. The van der Waals surface area contributed by atoms with E-state index in [1.54, 1.807) is 6.07 Å². The Kier molecular flexibility index (Phi) is 3.61. The van der Waals surface area contributed by atoms with Crippen LogP contribution in [0.3, 0.4) is 0 Å². The highest BCUT2D eigenvalue weighted by Gasteiger charge is 2.33. The molecular weight excluding hydrogens is 272 g/mol. The molecule has 2 nitrogen and oxygen atoms in total. The molecule has 2 aromatic carbocycles. The monoisotopic (exact) mass is 280 g/mol. The maximum absolute atomic E-state index is 13.7. The fourth-order valence-corrected chi connectivity index (χ4v) is 1.67. The molecule has 0 heterocycles. The van der Waals surface area contributed by atoms with Crippen molar-refractivity contribution in [2.75, 3.05) is 5.32 Å². The third kappa shape index (κ3) is 2.88. The van der Waals surface area contributed by atoms with Crippen molar-refractivity contribution in [2.45, 2.75) is 6.18 Å². The van der Waals surface area contributed by atoms with E-state index in [0.29, 0.717) is 0 Å². The summed E-state index contributed by atoms with van der Waals surface area (Å²) >= 11 is 0. The molecule has 20 heavy (non-hydrogen) atoms. The first-order valence-electron chi connectivity index (χ1n) is 5.54. The second-order valence-corrected chi connectivity index (χ2v) is 3.97. The molecule has 0 spiro atoms. The lowest BCUT2D eigenvalue weighted by Gasteiger charge is -2.14.